The molecule has 0 atom stereocenters. The number of carbonyl (C=O) groups is 1. The molecule has 2 heterocycles. The van der Waals surface area contributed by atoms with Gasteiger partial charge in [-0.05, 0) is 42.5 Å². The minimum absolute atomic E-state index is 0.0196. The molecule has 26 heavy (non-hydrogen) atoms. The predicted molar refractivity (Wildman–Crippen MR) is 95.1 cm³/mol. The van der Waals surface area contributed by atoms with Crippen LogP contribution in [0, 0.1) is 0 Å². The largest absolute Gasteiger partial charge is 0.497 e. The molecule has 2 aliphatic heterocycles. The average Bonchev–Trinajstić information content (AvgIpc) is 3.16. The van der Waals surface area contributed by atoms with Crippen LogP contribution < -0.4 is 18.9 Å². The van der Waals surface area contributed by atoms with E-state index in [4.69, 9.17) is 18.9 Å². The van der Waals surface area contributed by atoms with E-state index in [-0.39, 0.29) is 18.8 Å². The van der Waals surface area contributed by atoms with Crippen LogP contribution in [0.2, 0.25) is 0 Å². The second-order valence-corrected chi connectivity index (χ2v) is 6.35. The molecular weight excluding hydrogens is 334 g/mol. The summed E-state index contributed by atoms with van der Waals surface area (Å²) >= 11 is 0. The molecule has 0 saturated carbocycles. The van der Waals surface area contributed by atoms with E-state index in [1.54, 1.807) is 25.3 Å². The molecule has 4 rings (SSSR count). The zero-order valence-corrected chi connectivity index (χ0v) is 14.6. The van der Waals surface area contributed by atoms with E-state index >= 15 is 0 Å². The predicted octanol–water partition coefficient (Wildman–Crippen LogP) is 3.11. The van der Waals surface area contributed by atoms with Gasteiger partial charge in [0, 0.05) is 31.5 Å². The van der Waals surface area contributed by atoms with Crippen molar-refractivity contribution >= 4 is 5.91 Å². The summed E-state index contributed by atoms with van der Waals surface area (Å²) in [6.07, 6.45) is 1.73. The number of amides is 1. The van der Waals surface area contributed by atoms with Gasteiger partial charge >= 0.3 is 0 Å². The zero-order chi connectivity index (χ0) is 17.9. The topological polar surface area (TPSA) is 57.2 Å². The number of carbonyl (C=O) groups excluding carboxylic acids is 1. The molecule has 2 aliphatic rings. The van der Waals surface area contributed by atoms with Crippen molar-refractivity contribution in [2.75, 3.05) is 27.0 Å². The molecule has 2 aromatic carbocycles. The third-order valence-corrected chi connectivity index (χ3v) is 4.71. The smallest absolute Gasteiger partial charge is 0.253 e. The first-order valence-corrected chi connectivity index (χ1v) is 8.72. The summed E-state index contributed by atoms with van der Waals surface area (Å²) in [6, 6.07) is 12.9. The number of methoxy groups -OCH3 is 1. The summed E-state index contributed by atoms with van der Waals surface area (Å²) in [5.41, 5.74) is 0.628. The number of hydrogen-bond acceptors (Lipinski definition) is 5. The van der Waals surface area contributed by atoms with Gasteiger partial charge in [0.15, 0.2) is 11.5 Å². The number of piperidine rings is 1. The number of fused-ring (bicyclic) bond motifs is 1. The van der Waals surface area contributed by atoms with Crippen molar-refractivity contribution in [2.24, 2.45) is 0 Å². The van der Waals surface area contributed by atoms with Crippen LogP contribution in [0.15, 0.2) is 42.5 Å². The van der Waals surface area contributed by atoms with E-state index in [9.17, 15) is 4.79 Å². The number of hydrogen-bond donors (Lipinski definition) is 0. The van der Waals surface area contributed by atoms with Crippen molar-refractivity contribution in [1.29, 1.82) is 0 Å². The molecule has 0 radical (unpaired) electrons. The molecular formula is C20H21NO5. The lowest BCUT2D eigenvalue weighted by molar-refractivity contribution is 0.0595. The van der Waals surface area contributed by atoms with E-state index in [1.165, 1.54) is 0 Å². The van der Waals surface area contributed by atoms with Gasteiger partial charge < -0.3 is 23.8 Å². The van der Waals surface area contributed by atoms with Gasteiger partial charge in [0.1, 0.15) is 17.6 Å². The molecule has 0 N–H and O–H groups in total. The Morgan fingerprint density at radius 1 is 1.00 bits per heavy atom. The highest BCUT2D eigenvalue weighted by atomic mass is 16.7. The molecule has 0 spiro atoms. The maximum atomic E-state index is 12.7. The summed E-state index contributed by atoms with van der Waals surface area (Å²) in [4.78, 5) is 14.6. The molecule has 2 aromatic rings. The summed E-state index contributed by atoms with van der Waals surface area (Å²) in [6.45, 7) is 1.56. The van der Waals surface area contributed by atoms with Crippen LogP contribution in [0.3, 0.4) is 0 Å². The third-order valence-electron chi connectivity index (χ3n) is 4.71. The Labute approximate surface area is 152 Å². The lowest BCUT2D eigenvalue weighted by atomic mass is 10.1. The first-order chi connectivity index (χ1) is 12.7. The lowest BCUT2D eigenvalue weighted by Gasteiger charge is -2.32. The van der Waals surface area contributed by atoms with Crippen LogP contribution in [0.5, 0.6) is 23.0 Å². The molecule has 1 saturated heterocycles. The summed E-state index contributed by atoms with van der Waals surface area (Å²) in [7, 11) is 1.64. The highest BCUT2D eigenvalue weighted by Gasteiger charge is 2.26. The standard InChI is InChI=1S/C20H21NO5/c1-23-15-3-5-16(6-4-15)26-17-8-10-21(11-9-17)20(22)14-2-7-18-19(12-14)25-13-24-18/h2-7,12,17H,8-11,13H2,1H3. The molecule has 0 bridgehead atoms. The number of ether oxygens (including phenoxy) is 4. The quantitative estimate of drug-likeness (QED) is 0.843. The van der Waals surface area contributed by atoms with E-state index in [0.717, 1.165) is 24.3 Å². The van der Waals surface area contributed by atoms with Crippen LogP contribution in [0.1, 0.15) is 23.2 Å². The van der Waals surface area contributed by atoms with Gasteiger partial charge in [0.2, 0.25) is 6.79 Å². The maximum absolute atomic E-state index is 12.7. The first kappa shape index (κ1) is 16.6. The van der Waals surface area contributed by atoms with Crippen molar-refractivity contribution in [3.8, 4) is 23.0 Å². The second kappa shape index (κ2) is 7.15. The van der Waals surface area contributed by atoms with Gasteiger partial charge in [0.05, 0.1) is 7.11 Å². The van der Waals surface area contributed by atoms with Gasteiger partial charge in [-0.15, -0.1) is 0 Å². The molecule has 1 amide bonds. The number of likely N-dealkylation sites (tertiary alicyclic amines) is 1. The molecule has 0 unspecified atom stereocenters. The van der Waals surface area contributed by atoms with Crippen molar-refractivity contribution in [2.45, 2.75) is 18.9 Å². The molecule has 0 aliphatic carbocycles. The zero-order valence-electron chi connectivity index (χ0n) is 14.6. The van der Waals surface area contributed by atoms with Crippen LogP contribution in [0.25, 0.3) is 0 Å². The number of benzene rings is 2. The van der Waals surface area contributed by atoms with E-state index in [1.807, 2.05) is 29.2 Å². The van der Waals surface area contributed by atoms with Crippen LogP contribution >= 0.6 is 0 Å². The van der Waals surface area contributed by atoms with Crippen LogP contribution in [0.4, 0.5) is 0 Å². The van der Waals surface area contributed by atoms with Crippen molar-refractivity contribution < 1.29 is 23.7 Å². The fourth-order valence-electron chi connectivity index (χ4n) is 3.24. The number of nitrogens with zero attached hydrogens (tertiary/aromatic N) is 1. The summed E-state index contributed by atoms with van der Waals surface area (Å²) in [5.74, 6) is 2.97. The van der Waals surface area contributed by atoms with Crippen molar-refractivity contribution in [1.82, 2.24) is 4.90 Å². The Morgan fingerprint density at radius 3 is 2.42 bits per heavy atom. The molecule has 136 valence electrons. The van der Waals surface area contributed by atoms with Crippen LogP contribution in [-0.4, -0.2) is 43.9 Å². The van der Waals surface area contributed by atoms with Gasteiger partial charge in [0.25, 0.3) is 5.91 Å². The SMILES string of the molecule is COc1ccc(OC2CCN(C(=O)c3ccc4c(c3)OCO4)CC2)cc1. The fourth-order valence-corrected chi connectivity index (χ4v) is 3.24. The minimum atomic E-state index is 0.0196. The Morgan fingerprint density at radius 2 is 1.69 bits per heavy atom. The monoisotopic (exact) mass is 355 g/mol. The van der Waals surface area contributed by atoms with Gasteiger partial charge in [-0.25, -0.2) is 0 Å². The fraction of sp³-hybridized carbons (Fsp3) is 0.350. The van der Waals surface area contributed by atoms with E-state index < -0.39 is 0 Å². The van der Waals surface area contributed by atoms with Gasteiger partial charge in [-0.1, -0.05) is 0 Å². The average molecular weight is 355 g/mol. The Bertz CT molecular complexity index is 781. The molecule has 0 aromatic heterocycles. The summed E-state index contributed by atoms with van der Waals surface area (Å²) < 4.78 is 21.8. The third kappa shape index (κ3) is 3.40. The normalized spacial score (nSPS) is 16.4. The van der Waals surface area contributed by atoms with E-state index in [0.29, 0.717) is 30.2 Å². The maximum Gasteiger partial charge on any atom is 0.253 e. The second-order valence-electron chi connectivity index (χ2n) is 6.35. The Hall–Kier alpha value is -2.89. The molecule has 6 nitrogen and oxygen atoms in total. The Balaban J connectivity index is 1.33. The number of rotatable bonds is 4. The van der Waals surface area contributed by atoms with E-state index in [2.05, 4.69) is 0 Å². The summed E-state index contributed by atoms with van der Waals surface area (Å²) in [5, 5.41) is 0. The first-order valence-electron chi connectivity index (χ1n) is 8.72. The minimum Gasteiger partial charge on any atom is -0.497 e. The van der Waals surface area contributed by atoms with Crippen molar-refractivity contribution in [3.05, 3.63) is 48.0 Å². The van der Waals surface area contributed by atoms with Gasteiger partial charge in [-0.3, -0.25) is 4.79 Å². The lowest BCUT2D eigenvalue weighted by Crippen LogP contribution is -2.41. The molecule has 1 fully saturated rings. The molecule has 6 heteroatoms. The Kier molecular flexibility index (Phi) is 4.56. The highest BCUT2D eigenvalue weighted by Crippen LogP contribution is 2.33. The van der Waals surface area contributed by atoms with Crippen molar-refractivity contribution in [3.63, 3.8) is 0 Å². The highest BCUT2D eigenvalue weighted by molar-refractivity contribution is 5.95. The van der Waals surface area contributed by atoms with Gasteiger partial charge in [-0.2, -0.15) is 0 Å². The van der Waals surface area contributed by atoms with Crippen LogP contribution in [-0.2, 0) is 0 Å².